The number of carboxylic acid groups (broad SMARTS) is 1. The lowest BCUT2D eigenvalue weighted by Gasteiger charge is -2.22. The predicted octanol–water partition coefficient (Wildman–Crippen LogP) is 2.20. The Balaban J connectivity index is 2.02. The number of carboxylic acids is 1. The van der Waals surface area contributed by atoms with Crippen molar-refractivity contribution in [3.8, 4) is 11.1 Å². The second-order valence-corrected chi connectivity index (χ2v) is 7.41. The van der Waals surface area contributed by atoms with Crippen molar-refractivity contribution in [2.45, 2.75) is 44.9 Å². The van der Waals surface area contributed by atoms with Crippen molar-refractivity contribution >= 4 is 11.9 Å². The molecule has 3 atom stereocenters. The number of hydrogen-bond acceptors (Lipinski definition) is 4. The molecule has 0 bridgehead atoms. The number of carbonyl (C=O) groups is 2. The summed E-state index contributed by atoms with van der Waals surface area (Å²) in [6.07, 6.45) is -0.923. The standard InChI is InChI=1S/C22H28N2O4/c1-14(2)11-19(22(27)28)24-21(26)20(25)18(23)13-15-7-6-10-17(12-15)16-8-4-3-5-9-16/h3-10,12,14,18-20,25H,11,13,23H2,1-2H3,(H,24,26)(H,27,28)/t18-,19+,20+/m1/s1. The molecule has 28 heavy (non-hydrogen) atoms. The molecule has 150 valence electrons. The van der Waals surface area contributed by atoms with E-state index in [9.17, 15) is 19.8 Å². The second-order valence-electron chi connectivity index (χ2n) is 7.41. The van der Waals surface area contributed by atoms with Crippen molar-refractivity contribution in [3.63, 3.8) is 0 Å². The van der Waals surface area contributed by atoms with Crippen molar-refractivity contribution in [3.05, 3.63) is 60.2 Å². The summed E-state index contributed by atoms with van der Waals surface area (Å²) in [6, 6.07) is 15.7. The van der Waals surface area contributed by atoms with Crippen molar-refractivity contribution in [1.82, 2.24) is 5.32 Å². The van der Waals surface area contributed by atoms with E-state index in [0.29, 0.717) is 0 Å². The summed E-state index contributed by atoms with van der Waals surface area (Å²) in [7, 11) is 0. The zero-order chi connectivity index (χ0) is 20.7. The number of aliphatic carboxylic acids is 1. The van der Waals surface area contributed by atoms with Gasteiger partial charge in [-0.1, -0.05) is 68.4 Å². The molecule has 2 aromatic carbocycles. The lowest BCUT2D eigenvalue weighted by Crippen LogP contribution is -2.52. The summed E-state index contributed by atoms with van der Waals surface area (Å²) in [5.41, 5.74) is 9.01. The predicted molar refractivity (Wildman–Crippen MR) is 109 cm³/mol. The van der Waals surface area contributed by atoms with Crippen LogP contribution in [0.25, 0.3) is 11.1 Å². The highest BCUT2D eigenvalue weighted by Crippen LogP contribution is 2.20. The first-order valence-electron chi connectivity index (χ1n) is 9.39. The van der Waals surface area contributed by atoms with Gasteiger partial charge < -0.3 is 21.3 Å². The average Bonchev–Trinajstić information content (AvgIpc) is 2.67. The summed E-state index contributed by atoms with van der Waals surface area (Å²) < 4.78 is 0. The number of aliphatic hydroxyl groups is 1. The van der Waals surface area contributed by atoms with Crippen molar-refractivity contribution in [2.24, 2.45) is 11.7 Å². The number of rotatable bonds is 9. The molecule has 2 rings (SSSR count). The smallest absolute Gasteiger partial charge is 0.326 e. The highest BCUT2D eigenvalue weighted by molar-refractivity contribution is 5.86. The molecule has 5 N–H and O–H groups in total. The Morgan fingerprint density at radius 1 is 1.04 bits per heavy atom. The van der Waals surface area contributed by atoms with E-state index in [-0.39, 0.29) is 18.8 Å². The fourth-order valence-corrected chi connectivity index (χ4v) is 3.04. The van der Waals surface area contributed by atoms with Crippen LogP contribution in [0.1, 0.15) is 25.8 Å². The van der Waals surface area contributed by atoms with Gasteiger partial charge in [0.05, 0.1) is 0 Å². The van der Waals surface area contributed by atoms with Crippen molar-refractivity contribution in [2.75, 3.05) is 0 Å². The molecule has 0 aliphatic rings. The second kappa shape index (κ2) is 10.0. The van der Waals surface area contributed by atoms with Gasteiger partial charge in [0.15, 0.2) is 0 Å². The van der Waals surface area contributed by atoms with Crippen molar-refractivity contribution < 1.29 is 19.8 Å². The van der Waals surface area contributed by atoms with E-state index < -0.39 is 30.1 Å². The molecule has 0 aliphatic carbocycles. The van der Waals surface area contributed by atoms with Crippen molar-refractivity contribution in [1.29, 1.82) is 0 Å². The van der Waals surface area contributed by atoms with Crippen LogP contribution in [0.2, 0.25) is 0 Å². The Kier molecular flexibility index (Phi) is 7.72. The van der Waals surface area contributed by atoms with Gasteiger partial charge in [-0.2, -0.15) is 0 Å². The zero-order valence-electron chi connectivity index (χ0n) is 16.2. The average molecular weight is 384 g/mol. The number of nitrogens with two attached hydrogens (primary N) is 1. The highest BCUT2D eigenvalue weighted by atomic mass is 16.4. The largest absolute Gasteiger partial charge is 0.480 e. The monoisotopic (exact) mass is 384 g/mol. The number of benzene rings is 2. The van der Waals surface area contributed by atoms with Crippen LogP contribution in [-0.2, 0) is 16.0 Å². The van der Waals surface area contributed by atoms with E-state index in [1.165, 1.54) is 0 Å². The molecule has 0 aromatic heterocycles. The van der Waals surface area contributed by atoms with Gasteiger partial charge in [0, 0.05) is 6.04 Å². The minimum Gasteiger partial charge on any atom is -0.480 e. The first-order chi connectivity index (χ1) is 13.3. The number of nitrogens with one attached hydrogen (secondary N) is 1. The fourth-order valence-electron chi connectivity index (χ4n) is 3.04. The number of carbonyl (C=O) groups excluding carboxylic acids is 1. The first-order valence-corrected chi connectivity index (χ1v) is 9.39. The lowest BCUT2D eigenvalue weighted by atomic mass is 9.97. The number of hydrogen-bond donors (Lipinski definition) is 4. The maximum atomic E-state index is 12.3. The van der Waals surface area contributed by atoms with Crippen LogP contribution in [0, 0.1) is 5.92 Å². The summed E-state index contributed by atoms with van der Waals surface area (Å²) in [4.78, 5) is 23.6. The normalized spacial score (nSPS) is 14.3. The minimum absolute atomic E-state index is 0.0907. The third kappa shape index (κ3) is 6.18. The molecule has 0 unspecified atom stereocenters. The van der Waals surface area contributed by atoms with Gasteiger partial charge in [-0.25, -0.2) is 4.79 Å². The van der Waals surface area contributed by atoms with E-state index in [2.05, 4.69) is 5.32 Å². The first kappa shape index (κ1) is 21.6. The Hall–Kier alpha value is -2.70. The zero-order valence-corrected chi connectivity index (χ0v) is 16.2. The van der Waals surface area contributed by atoms with E-state index in [4.69, 9.17) is 5.73 Å². The summed E-state index contributed by atoms with van der Waals surface area (Å²) in [6.45, 7) is 3.73. The van der Waals surface area contributed by atoms with Crippen LogP contribution < -0.4 is 11.1 Å². The molecule has 6 nitrogen and oxygen atoms in total. The van der Waals surface area contributed by atoms with Crippen LogP contribution in [0.5, 0.6) is 0 Å². The molecule has 1 amide bonds. The molecule has 0 spiro atoms. The molecule has 2 aromatic rings. The van der Waals surface area contributed by atoms with Gasteiger partial charge in [-0.3, -0.25) is 4.79 Å². The summed E-state index contributed by atoms with van der Waals surface area (Å²) >= 11 is 0. The van der Waals surface area contributed by atoms with E-state index in [0.717, 1.165) is 16.7 Å². The third-order valence-electron chi connectivity index (χ3n) is 4.50. The molecule has 0 saturated carbocycles. The third-order valence-corrected chi connectivity index (χ3v) is 4.50. The van der Waals surface area contributed by atoms with Gasteiger partial charge in [-0.15, -0.1) is 0 Å². The fraction of sp³-hybridized carbons (Fsp3) is 0.364. The van der Waals surface area contributed by atoms with Gasteiger partial charge in [0.2, 0.25) is 0 Å². The highest BCUT2D eigenvalue weighted by Gasteiger charge is 2.28. The Labute approximate surface area is 165 Å². The number of amides is 1. The molecule has 0 aliphatic heterocycles. The van der Waals surface area contributed by atoms with Gasteiger partial charge >= 0.3 is 5.97 Å². The Bertz CT molecular complexity index is 792. The quantitative estimate of drug-likeness (QED) is 0.529. The van der Waals surface area contributed by atoms with Gasteiger partial charge in [0.25, 0.3) is 5.91 Å². The lowest BCUT2D eigenvalue weighted by molar-refractivity contribution is -0.144. The maximum absolute atomic E-state index is 12.3. The van der Waals surface area contributed by atoms with Gasteiger partial charge in [-0.05, 0) is 35.4 Å². The molecular formula is C22H28N2O4. The van der Waals surface area contributed by atoms with E-state index >= 15 is 0 Å². The van der Waals surface area contributed by atoms with Crippen LogP contribution in [0.3, 0.4) is 0 Å². The van der Waals surface area contributed by atoms with Gasteiger partial charge in [0.1, 0.15) is 12.1 Å². The summed E-state index contributed by atoms with van der Waals surface area (Å²) in [5, 5.41) is 21.9. The van der Waals surface area contributed by atoms with Crippen LogP contribution >= 0.6 is 0 Å². The molecular weight excluding hydrogens is 356 g/mol. The molecule has 0 fully saturated rings. The van der Waals surface area contributed by atoms with E-state index in [1.54, 1.807) is 0 Å². The number of aliphatic hydroxyl groups excluding tert-OH is 1. The molecule has 0 saturated heterocycles. The SMILES string of the molecule is CC(C)C[C@H](NC(=O)[C@@H](O)[C@H](N)Cc1cccc(-c2ccccc2)c1)C(=O)O. The molecule has 0 radical (unpaired) electrons. The van der Waals surface area contributed by atoms with E-state index in [1.807, 2.05) is 68.4 Å². The van der Waals surface area contributed by atoms with Crippen LogP contribution in [-0.4, -0.2) is 40.3 Å². The van der Waals surface area contributed by atoms with Crippen LogP contribution in [0.15, 0.2) is 54.6 Å². The summed E-state index contributed by atoms with van der Waals surface area (Å²) in [5.74, 6) is -1.80. The Morgan fingerprint density at radius 3 is 2.29 bits per heavy atom. The maximum Gasteiger partial charge on any atom is 0.326 e. The Morgan fingerprint density at radius 2 is 1.68 bits per heavy atom. The molecule has 0 heterocycles. The molecule has 6 heteroatoms. The van der Waals surface area contributed by atoms with Crippen LogP contribution in [0.4, 0.5) is 0 Å². The topological polar surface area (TPSA) is 113 Å². The minimum atomic E-state index is -1.49.